The first-order valence-corrected chi connectivity index (χ1v) is 12.6. The Hall–Kier alpha value is -3.72. The number of hydroxylamine groups is 1. The number of anilines is 2. The van der Waals surface area contributed by atoms with Crippen LogP contribution in [0.3, 0.4) is 0 Å². The van der Waals surface area contributed by atoms with Gasteiger partial charge >= 0.3 is 4.87 Å². The van der Waals surface area contributed by atoms with Crippen LogP contribution in [0.5, 0.6) is 0 Å². The van der Waals surface area contributed by atoms with Gasteiger partial charge in [-0.05, 0) is 42.8 Å². The zero-order chi connectivity index (χ0) is 25.0. The summed E-state index contributed by atoms with van der Waals surface area (Å²) in [5, 5.41) is 1.74. The molecule has 180 valence electrons. The first-order chi connectivity index (χ1) is 17.5. The van der Waals surface area contributed by atoms with Crippen LogP contribution >= 0.6 is 22.9 Å². The molecule has 3 heterocycles. The molecule has 2 aliphatic heterocycles. The summed E-state index contributed by atoms with van der Waals surface area (Å²) in [6.45, 7) is 1.85. The van der Waals surface area contributed by atoms with Gasteiger partial charge in [0.1, 0.15) is 17.1 Å². The number of para-hydroxylation sites is 3. The molecule has 3 atom stereocenters. The zero-order valence-electron chi connectivity index (χ0n) is 19.1. The van der Waals surface area contributed by atoms with Crippen LogP contribution in [0.25, 0.3) is 5.69 Å². The second kappa shape index (κ2) is 8.74. The molecule has 2 aliphatic rings. The molecular weight excluding hydrogens is 498 g/mol. The zero-order valence-corrected chi connectivity index (χ0v) is 20.6. The van der Waals surface area contributed by atoms with Crippen LogP contribution < -0.4 is 14.8 Å². The number of nitrogens with zero attached hydrogens (tertiary/aromatic N) is 3. The molecular formula is C27H20ClN3O4S. The predicted octanol–water partition coefficient (Wildman–Crippen LogP) is 4.91. The average Bonchev–Trinajstić information content (AvgIpc) is 3.50. The topological polar surface area (TPSA) is 71.8 Å². The molecule has 36 heavy (non-hydrogen) atoms. The smallest absolute Gasteiger partial charge is 0.273 e. The van der Waals surface area contributed by atoms with Crippen molar-refractivity contribution >= 4 is 46.1 Å². The van der Waals surface area contributed by atoms with Gasteiger partial charge in [0, 0.05) is 0 Å². The van der Waals surface area contributed by atoms with E-state index in [2.05, 4.69) is 0 Å². The van der Waals surface area contributed by atoms with E-state index in [1.54, 1.807) is 29.3 Å². The first kappa shape index (κ1) is 22.7. The lowest BCUT2D eigenvalue weighted by molar-refractivity contribution is -0.126. The number of carbonyl (C=O) groups excluding carboxylic acids is 2. The van der Waals surface area contributed by atoms with E-state index in [1.807, 2.05) is 67.6 Å². The molecule has 3 aromatic carbocycles. The van der Waals surface area contributed by atoms with E-state index in [4.69, 9.17) is 16.4 Å². The van der Waals surface area contributed by atoms with Crippen molar-refractivity contribution in [2.75, 3.05) is 9.96 Å². The van der Waals surface area contributed by atoms with Crippen LogP contribution in [-0.2, 0) is 14.4 Å². The molecule has 0 N–H and O–H groups in total. The van der Waals surface area contributed by atoms with E-state index in [0.717, 1.165) is 16.9 Å². The maximum absolute atomic E-state index is 13.9. The Kier molecular flexibility index (Phi) is 5.52. The molecule has 0 unspecified atom stereocenters. The molecule has 0 saturated carbocycles. The minimum Gasteiger partial charge on any atom is -0.273 e. The Bertz CT molecular complexity index is 1540. The van der Waals surface area contributed by atoms with Gasteiger partial charge in [-0.3, -0.25) is 23.8 Å². The number of aromatic nitrogens is 1. The lowest BCUT2D eigenvalue weighted by Crippen LogP contribution is -2.37. The summed E-state index contributed by atoms with van der Waals surface area (Å²) in [7, 11) is 0. The summed E-state index contributed by atoms with van der Waals surface area (Å²) in [5.74, 6) is -1.70. The van der Waals surface area contributed by atoms with Gasteiger partial charge in [0.25, 0.3) is 5.91 Å². The van der Waals surface area contributed by atoms with Crippen molar-refractivity contribution in [1.82, 2.24) is 4.57 Å². The molecule has 2 amide bonds. The minimum atomic E-state index is -1.04. The van der Waals surface area contributed by atoms with Gasteiger partial charge in [0.15, 0.2) is 6.10 Å². The van der Waals surface area contributed by atoms with Gasteiger partial charge in [-0.1, -0.05) is 77.5 Å². The number of carbonyl (C=O) groups is 2. The highest BCUT2D eigenvalue weighted by Gasteiger charge is 2.61. The molecule has 0 bridgehead atoms. The number of benzene rings is 3. The Balaban J connectivity index is 1.50. The summed E-state index contributed by atoms with van der Waals surface area (Å²) in [4.78, 5) is 48.1. The number of fused-ring (bicyclic) bond motifs is 1. The molecule has 1 aromatic heterocycles. The van der Waals surface area contributed by atoms with Crippen molar-refractivity contribution in [3.05, 3.63) is 110 Å². The number of aryl methyl sites for hydroxylation is 1. The third-order valence-electron chi connectivity index (χ3n) is 6.54. The number of halogens is 1. The number of thiazole rings is 1. The van der Waals surface area contributed by atoms with Gasteiger partial charge in [-0.15, -0.1) is 0 Å². The summed E-state index contributed by atoms with van der Waals surface area (Å²) < 4.78 is 1.42. The molecule has 9 heteroatoms. The molecule has 6 rings (SSSR count). The Morgan fingerprint density at radius 2 is 1.42 bits per heavy atom. The van der Waals surface area contributed by atoms with E-state index in [-0.39, 0.29) is 15.9 Å². The normalized spacial score (nSPS) is 21.3. The highest BCUT2D eigenvalue weighted by atomic mass is 35.5. The van der Waals surface area contributed by atoms with E-state index in [1.165, 1.54) is 9.47 Å². The molecule has 0 spiro atoms. The van der Waals surface area contributed by atoms with Crippen molar-refractivity contribution in [2.24, 2.45) is 5.92 Å². The quantitative estimate of drug-likeness (QED) is 0.360. The molecule has 2 fully saturated rings. The van der Waals surface area contributed by atoms with E-state index >= 15 is 0 Å². The standard InChI is InChI=1S/C27H20ClN3O4S/c1-16-10-8-9-15-19(16)30-25(32)20-21(31(35-22(20)26(30)33)18-13-6-3-7-14-18)23-24(28)29(27(34)36-23)17-11-4-2-5-12-17/h2-15,20-22H,1H3/t20-,21+,22+/m0/s1. The predicted molar refractivity (Wildman–Crippen MR) is 139 cm³/mol. The average molecular weight is 518 g/mol. The van der Waals surface area contributed by atoms with E-state index < -0.39 is 24.0 Å². The number of amides is 2. The lowest BCUT2D eigenvalue weighted by Gasteiger charge is -2.28. The molecule has 2 saturated heterocycles. The Labute approximate surface area is 215 Å². The molecule has 0 aliphatic carbocycles. The van der Waals surface area contributed by atoms with Crippen LogP contribution in [0.4, 0.5) is 11.4 Å². The largest absolute Gasteiger partial charge is 0.313 e. The first-order valence-electron chi connectivity index (χ1n) is 11.4. The maximum Gasteiger partial charge on any atom is 0.313 e. The van der Waals surface area contributed by atoms with Gasteiger partial charge in [0.05, 0.1) is 21.9 Å². The van der Waals surface area contributed by atoms with Crippen molar-refractivity contribution < 1.29 is 14.4 Å². The fourth-order valence-electron chi connectivity index (χ4n) is 4.88. The van der Waals surface area contributed by atoms with Gasteiger partial charge in [0.2, 0.25) is 5.91 Å². The number of hydrogen-bond donors (Lipinski definition) is 0. The highest BCUT2D eigenvalue weighted by Crippen LogP contribution is 2.50. The van der Waals surface area contributed by atoms with Crippen molar-refractivity contribution in [1.29, 1.82) is 0 Å². The Morgan fingerprint density at radius 3 is 2.08 bits per heavy atom. The van der Waals surface area contributed by atoms with Crippen molar-refractivity contribution in [2.45, 2.75) is 19.1 Å². The molecule has 0 radical (unpaired) electrons. The van der Waals surface area contributed by atoms with Crippen LogP contribution in [0.15, 0.2) is 89.7 Å². The SMILES string of the molecule is Cc1ccccc1N1C(=O)[C@@H]2[C@@H](ON(c3ccccc3)[C@H]2c2sc(=O)n(-c3ccccc3)c2Cl)C1=O. The van der Waals surface area contributed by atoms with Crippen molar-refractivity contribution in [3.8, 4) is 5.69 Å². The summed E-state index contributed by atoms with van der Waals surface area (Å²) in [5.41, 5.74) is 2.60. The van der Waals surface area contributed by atoms with Crippen molar-refractivity contribution in [3.63, 3.8) is 0 Å². The maximum atomic E-state index is 13.9. The third-order valence-corrected chi connectivity index (χ3v) is 8.04. The number of rotatable bonds is 4. The summed E-state index contributed by atoms with van der Waals surface area (Å²) >= 11 is 7.79. The van der Waals surface area contributed by atoms with Crippen LogP contribution in [0, 0.1) is 12.8 Å². The number of imide groups is 1. The lowest BCUT2D eigenvalue weighted by atomic mass is 9.95. The second-order valence-corrected chi connectivity index (χ2v) is 10.0. The summed E-state index contributed by atoms with van der Waals surface area (Å²) in [6.07, 6.45) is -1.04. The Morgan fingerprint density at radius 1 is 0.806 bits per heavy atom. The van der Waals surface area contributed by atoms with E-state index in [9.17, 15) is 14.4 Å². The number of hydrogen-bond acceptors (Lipinski definition) is 6. The van der Waals surface area contributed by atoms with Gasteiger partial charge < -0.3 is 0 Å². The van der Waals surface area contributed by atoms with Gasteiger partial charge in [-0.25, -0.2) is 9.96 Å². The van der Waals surface area contributed by atoms with Gasteiger partial charge in [-0.2, -0.15) is 0 Å². The minimum absolute atomic E-state index is 0.195. The summed E-state index contributed by atoms with van der Waals surface area (Å²) in [6, 6.07) is 24.7. The fraction of sp³-hybridized carbons (Fsp3) is 0.148. The highest BCUT2D eigenvalue weighted by molar-refractivity contribution is 7.10. The molecule has 7 nitrogen and oxygen atoms in total. The fourth-order valence-corrected chi connectivity index (χ4v) is 6.35. The molecule has 4 aromatic rings. The van der Waals surface area contributed by atoms with Crippen LogP contribution in [0.2, 0.25) is 5.15 Å². The van der Waals surface area contributed by atoms with E-state index in [0.29, 0.717) is 21.9 Å². The van der Waals surface area contributed by atoms with Crippen LogP contribution in [0.1, 0.15) is 16.5 Å². The third kappa shape index (κ3) is 3.41. The van der Waals surface area contributed by atoms with Crippen LogP contribution in [-0.4, -0.2) is 22.5 Å². The second-order valence-electron chi connectivity index (χ2n) is 8.65. The monoisotopic (exact) mass is 517 g/mol.